The van der Waals surface area contributed by atoms with Crippen LogP contribution in [0.1, 0.15) is 18.4 Å². The number of carbonyl (C=O) groups excluding carboxylic acids is 2. The van der Waals surface area contributed by atoms with E-state index in [1.807, 2.05) is 17.0 Å². The first-order valence-electron chi connectivity index (χ1n) is 8.11. The Morgan fingerprint density at radius 2 is 1.81 bits per heavy atom. The van der Waals surface area contributed by atoms with Gasteiger partial charge in [0.2, 0.25) is 5.91 Å². The van der Waals surface area contributed by atoms with Crippen molar-refractivity contribution in [3.8, 4) is 0 Å². The summed E-state index contributed by atoms with van der Waals surface area (Å²) in [5, 5.41) is 8.54. The summed E-state index contributed by atoms with van der Waals surface area (Å²) in [6.45, 7) is 1.64. The predicted molar refractivity (Wildman–Crippen MR) is 89.5 cm³/mol. The third-order valence-corrected chi connectivity index (χ3v) is 4.06. The minimum absolute atomic E-state index is 0.339. The number of halogens is 3. The van der Waals surface area contributed by atoms with Crippen LogP contribution in [0.5, 0.6) is 0 Å². The van der Waals surface area contributed by atoms with Crippen molar-refractivity contribution >= 4 is 23.6 Å². The summed E-state index contributed by atoms with van der Waals surface area (Å²) in [6.07, 6.45) is -3.22. The van der Waals surface area contributed by atoms with Gasteiger partial charge in [0.25, 0.3) is 5.91 Å². The van der Waals surface area contributed by atoms with Crippen LogP contribution in [0.2, 0.25) is 0 Å². The summed E-state index contributed by atoms with van der Waals surface area (Å²) in [6, 6.07) is 7.30. The molecule has 6 nitrogen and oxygen atoms in total. The molecule has 2 rings (SSSR count). The number of rotatable bonds is 5. The molecule has 0 atom stereocenters. The van der Waals surface area contributed by atoms with Crippen LogP contribution >= 0.6 is 0 Å². The van der Waals surface area contributed by atoms with Gasteiger partial charge in [-0.05, 0) is 17.7 Å². The van der Waals surface area contributed by atoms with Gasteiger partial charge in [0.05, 0.1) is 6.42 Å². The van der Waals surface area contributed by atoms with Crippen LogP contribution in [0.4, 0.5) is 18.9 Å². The lowest BCUT2D eigenvalue weighted by molar-refractivity contribution is -0.149. The summed E-state index contributed by atoms with van der Waals surface area (Å²) in [7, 11) is 0. The van der Waals surface area contributed by atoms with Gasteiger partial charge in [0.1, 0.15) is 0 Å². The van der Waals surface area contributed by atoms with E-state index >= 15 is 0 Å². The average molecular weight is 371 g/mol. The van der Waals surface area contributed by atoms with Crippen LogP contribution in [0.3, 0.4) is 0 Å². The first-order valence-corrected chi connectivity index (χ1v) is 8.11. The molecule has 1 aliphatic rings. The molecule has 0 aromatic heterocycles. The molecule has 2 N–H and O–H groups in total. The highest BCUT2D eigenvalue weighted by molar-refractivity contribution is 5.91. The number of benzene rings is 1. The lowest BCUT2D eigenvalue weighted by Crippen LogP contribution is -2.49. The summed E-state index contributed by atoms with van der Waals surface area (Å²) in [5.41, 5.74) is 3.11. The average Bonchev–Trinajstić information content (AvgIpc) is 2.64. The normalized spacial score (nSPS) is 15.4. The van der Waals surface area contributed by atoms with E-state index in [0.29, 0.717) is 26.2 Å². The number of hydrogen-bond donors (Lipinski definition) is 2. The van der Waals surface area contributed by atoms with Gasteiger partial charge >= 0.3 is 6.18 Å². The van der Waals surface area contributed by atoms with Gasteiger partial charge in [0.15, 0.2) is 0 Å². The second kappa shape index (κ2) is 8.70. The largest absolute Gasteiger partial charge is 0.389 e. The SMILES string of the molecule is O=C(C=Cc1ccccc1N1CCN(C(=O)CCC(F)(F)F)CC1)NO. The Morgan fingerprint density at radius 3 is 2.42 bits per heavy atom. The highest BCUT2D eigenvalue weighted by Gasteiger charge is 2.30. The zero-order valence-electron chi connectivity index (χ0n) is 14.0. The maximum absolute atomic E-state index is 12.2. The molecular weight excluding hydrogens is 351 g/mol. The zero-order valence-corrected chi connectivity index (χ0v) is 14.0. The highest BCUT2D eigenvalue weighted by atomic mass is 19.4. The predicted octanol–water partition coefficient (Wildman–Crippen LogP) is 2.20. The van der Waals surface area contributed by atoms with E-state index in [1.165, 1.54) is 16.5 Å². The van der Waals surface area contributed by atoms with E-state index in [9.17, 15) is 22.8 Å². The number of para-hydroxylation sites is 1. The van der Waals surface area contributed by atoms with Crippen LogP contribution in [0.25, 0.3) is 6.08 Å². The fourth-order valence-electron chi connectivity index (χ4n) is 2.72. The van der Waals surface area contributed by atoms with Crippen LogP contribution in [-0.4, -0.2) is 54.3 Å². The molecule has 0 bridgehead atoms. The van der Waals surface area contributed by atoms with Crippen LogP contribution in [0, 0.1) is 0 Å². The molecular formula is C17H20F3N3O3. The Kier molecular flexibility index (Phi) is 6.62. The van der Waals surface area contributed by atoms with Gasteiger partial charge in [0, 0.05) is 44.4 Å². The fourth-order valence-corrected chi connectivity index (χ4v) is 2.72. The van der Waals surface area contributed by atoms with Crippen molar-refractivity contribution in [3.05, 3.63) is 35.9 Å². The van der Waals surface area contributed by atoms with Gasteiger partial charge in [-0.3, -0.25) is 14.8 Å². The highest BCUT2D eigenvalue weighted by Crippen LogP contribution is 2.25. The van der Waals surface area contributed by atoms with Crippen molar-refractivity contribution < 1.29 is 28.0 Å². The van der Waals surface area contributed by atoms with E-state index < -0.39 is 30.8 Å². The number of carbonyl (C=O) groups is 2. The number of nitrogens with zero attached hydrogens (tertiary/aromatic N) is 2. The molecule has 1 aromatic rings. The maximum Gasteiger partial charge on any atom is 0.389 e. The molecule has 0 radical (unpaired) electrons. The Labute approximate surface area is 148 Å². The number of nitrogens with one attached hydrogen (secondary N) is 1. The summed E-state index contributed by atoms with van der Waals surface area (Å²) < 4.78 is 36.7. The molecule has 9 heteroatoms. The third-order valence-electron chi connectivity index (χ3n) is 4.06. The minimum atomic E-state index is -4.33. The Morgan fingerprint density at radius 1 is 1.15 bits per heavy atom. The van der Waals surface area contributed by atoms with Gasteiger partial charge in [-0.1, -0.05) is 18.2 Å². The van der Waals surface area contributed by atoms with E-state index in [4.69, 9.17) is 5.21 Å². The van der Waals surface area contributed by atoms with Gasteiger partial charge < -0.3 is 9.80 Å². The van der Waals surface area contributed by atoms with Crippen molar-refractivity contribution in [2.75, 3.05) is 31.1 Å². The molecule has 2 amide bonds. The lowest BCUT2D eigenvalue weighted by Gasteiger charge is -2.37. The van der Waals surface area contributed by atoms with E-state index in [-0.39, 0.29) is 0 Å². The smallest absolute Gasteiger partial charge is 0.367 e. The third kappa shape index (κ3) is 5.76. The van der Waals surface area contributed by atoms with Gasteiger partial charge in [-0.2, -0.15) is 13.2 Å². The number of hydrogen-bond acceptors (Lipinski definition) is 4. The van der Waals surface area contributed by atoms with E-state index in [0.717, 1.165) is 11.3 Å². The maximum atomic E-state index is 12.2. The van der Waals surface area contributed by atoms with E-state index in [2.05, 4.69) is 0 Å². The van der Waals surface area contributed by atoms with Crippen molar-refractivity contribution in [3.63, 3.8) is 0 Å². The molecule has 0 saturated carbocycles. The molecule has 1 aromatic carbocycles. The quantitative estimate of drug-likeness (QED) is 0.473. The Bertz CT molecular complexity index is 669. The molecule has 1 aliphatic heterocycles. The van der Waals surface area contributed by atoms with Crippen molar-refractivity contribution in [2.45, 2.75) is 19.0 Å². The molecule has 1 fully saturated rings. The number of alkyl halides is 3. The second-order valence-corrected chi connectivity index (χ2v) is 5.85. The fraction of sp³-hybridized carbons (Fsp3) is 0.412. The van der Waals surface area contributed by atoms with E-state index in [1.54, 1.807) is 18.2 Å². The zero-order chi connectivity index (χ0) is 19.2. The molecule has 0 aliphatic carbocycles. The van der Waals surface area contributed by atoms with Crippen LogP contribution in [-0.2, 0) is 9.59 Å². The number of anilines is 1. The molecule has 0 spiro atoms. The number of hydroxylamine groups is 1. The monoisotopic (exact) mass is 371 g/mol. The first-order chi connectivity index (χ1) is 12.3. The van der Waals surface area contributed by atoms with Crippen molar-refractivity contribution in [2.24, 2.45) is 0 Å². The standard InChI is InChI=1S/C17H20F3N3O3/c18-17(19,20)8-7-16(25)23-11-9-22(10-12-23)14-4-2-1-3-13(14)5-6-15(24)21-26/h1-6,26H,7-12H2,(H,21,24). The topological polar surface area (TPSA) is 72.9 Å². The summed E-state index contributed by atoms with van der Waals surface area (Å²) >= 11 is 0. The van der Waals surface area contributed by atoms with Gasteiger partial charge in [-0.25, -0.2) is 5.48 Å². The Balaban J connectivity index is 1.97. The number of amides is 2. The second-order valence-electron chi connectivity index (χ2n) is 5.85. The molecule has 26 heavy (non-hydrogen) atoms. The van der Waals surface area contributed by atoms with Crippen LogP contribution in [0.15, 0.2) is 30.3 Å². The molecule has 0 unspecified atom stereocenters. The summed E-state index contributed by atoms with van der Waals surface area (Å²) in [5.74, 6) is -1.14. The molecule has 1 heterocycles. The molecule has 1 saturated heterocycles. The number of piperazine rings is 1. The van der Waals surface area contributed by atoms with Crippen molar-refractivity contribution in [1.82, 2.24) is 10.4 Å². The molecule has 142 valence electrons. The first kappa shape index (κ1) is 19.8. The van der Waals surface area contributed by atoms with Gasteiger partial charge in [-0.15, -0.1) is 0 Å². The Hall–Kier alpha value is -2.55. The van der Waals surface area contributed by atoms with Crippen LogP contribution < -0.4 is 10.4 Å². The minimum Gasteiger partial charge on any atom is -0.367 e. The van der Waals surface area contributed by atoms with Crippen molar-refractivity contribution in [1.29, 1.82) is 0 Å². The lowest BCUT2D eigenvalue weighted by atomic mass is 10.1. The summed E-state index contributed by atoms with van der Waals surface area (Å²) in [4.78, 5) is 26.5.